The van der Waals surface area contributed by atoms with E-state index in [4.69, 9.17) is 0 Å². The lowest BCUT2D eigenvalue weighted by molar-refractivity contribution is 0.321. The van der Waals surface area contributed by atoms with E-state index < -0.39 is 0 Å². The van der Waals surface area contributed by atoms with Gasteiger partial charge in [0, 0.05) is 30.0 Å². The van der Waals surface area contributed by atoms with Gasteiger partial charge in [0.05, 0.1) is 0 Å². The molecule has 0 spiro atoms. The molecule has 1 unspecified atom stereocenters. The van der Waals surface area contributed by atoms with Crippen molar-refractivity contribution in [3.8, 4) is 11.4 Å². The second kappa shape index (κ2) is 5.57. The van der Waals surface area contributed by atoms with Crippen molar-refractivity contribution in [2.75, 3.05) is 14.1 Å². The molecule has 19 heavy (non-hydrogen) atoms. The summed E-state index contributed by atoms with van der Waals surface area (Å²) in [6.45, 7) is 6.57. The molecule has 2 rings (SSSR count). The molecule has 1 atom stereocenters. The van der Waals surface area contributed by atoms with E-state index in [9.17, 15) is 0 Å². The van der Waals surface area contributed by atoms with Crippen molar-refractivity contribution < 1.29 is 0 Å². The summed E-state index contributed by atoms with van der Waals surface area (Å²) in [6.07, 6.45) is 3.92. The lowest BCUT2D eigenvalue weighted by Gasteiger charge is -2.21. The molecule has 102 valence electrons. The Balaban J connectivity index is 2.41. The highest BCUT2D eigenvalue weighted by Gasteiger charge is 2.12. The van der Waals surface area contributed by atoms with Crippen LogP contribution in [0.15, 0.2) is 36.7 Å². The van der Waals surface area contributed by atoms with Crippen LogP contribution in [0.5, 0.6) is 0 Å². The predicted molar refractivity (Wildman–Crippen MR) is 80.2 cm³/mol. The van der Waals surface area contributed by atoms with Gasteiger partial charge in [-0.15, -0.1) is 0 Å². The van der Waals surface area contributed by atoms with E-state index in [1.807, 2.05) is 12.4 Å². The Bertz CT molecular complexity index is 540. The number of imidazole rings is 1. The third-order valence-corrected chi connectivity index (χ3v) is 3.63. The molecule has 0 bridgehead atoms. The second-order valence-electron chi connectivity index (χ2n) is 5.52. The highest BCUT2D eigenvalue weighted by atomic mass is 15.1. The summed E-state index contributed by atoms with van der Waals surface area (Å²) in [7, 11) is 4.21. The quantitative estimate of drug-likeness (QED) is 0.831. The van der Waals surface area contributed by atoms with Gasteiger partial charge in [0.15, 0.2) is 0 Å². The number of nitrogens with zero attached hydrogens (tertiary/aromatic N) is 3. The maximum atomic E-state index is 4.50. The van der Waals surface area contributed by atoms with Crippen LogP contribution in [-0.4, -0.2) is 28.5 Å². The SMILES string of the molecule is CC(c1cccc(-c2nccn2C(C)C)c1)N(C)C. The Morgan fingerprint density at radius 1 is 1.16 bits per heavy atom. The molecule has 1 heterocycles. The summed E-state index contributed by atoms with van der Waals surface area (Å²) >= 11 is 0. The molecular formula is C16H23N3. The molecular weight excluding hydrogens is 234 g/mol. The molecule has 0 fully saturated rings. The molecule has 0 aliphatic heterocycles. The normalized spacial score (nSPS) is 13.2. The number of hydrogen-bond acceptors (Lipinski definition) is 2. The fraction of sp³-hybridized carbons (Fsp3) is 0.438. The summed E-state index contributed by atoms with van der Waals surface area (Å²) in [4.78, 5) is 6.72. The van der Waals surface area contributed by atoms with E-state index in [1.54, 1.807) is 0 Å². The monoisotopic (exact) mass is 257 g/mol. The summed E-state index contributed by atoms with van der Waals surface area (Å²) in [5.41, 5.74) is 2.51. The zero-order valence-corrected chi connectivity index (χ0v) is 12.5. The zero-order valence-electron chi connectivity index (χ0n) is 12.5. The average Bonchev–Trinajstić information content (AvgIpc) is 2.87. The molecule has 0 saturated heterocycles. The third-order valence-electron chi connectivity index (χ3n) is 3.63. The van der Waals surface area contributed by atoms with Crippen molar-refractivity contribution in [1.82, 2.24) is 14.5 Å². The van der Waals surface area contributed by atoms with Gasteiger partial charge in [0.2, 0.25) is 0 Å². The van der Waals surface area contributed by atoms with Crippen LogP contribution in [0.4, 0.5) is 0 Å². The van der Waals surface area contributed by atoms with Crippen LogP contribution in [0.3, 0.4) is 0 Å². The molecule has 3 nitrogen and oxygen atoms in total. The smallest absolute Gasteiger partial charge is 0.140 e. The van der Waals surface area contributed by atoms with Crippen LogP contribution in [0.25, 0.3) is 11.4 Å². The Kier molecular flexibility index (Phi) is 4.05. The highest BCUT2D eigenvalue weighted by Crippen LogP contribution is 2.25. The molecule has 0 aliphatic rings. The highest BCUT2D eigenvalue weighted by molar-refractivity contribution is 5.57. The first kappa shape index (κ1) is 13.8. The average molecular weight is 257 g/mol. The van der Waals surface area contributed by atoms with Crippen LogP contribution >= 0.6 is 0 Å². The molecule has 2 aromatic rings. The van der Waals surface area contributed by atoms with Crippen LogP contribution in [0.2, 0.25) is 0 Å². The fourth-order valence-electron chi connectivity index (χ4n) is 2.19. The van der Waals surface area contributed by atoms with Crippen molar-refractivity contribution >= 4 is 0 Å². The predicted octanol–water partition coefficient (Wildman–Crippen LogP) is 3.75. The second-order valence-corrected chi connectivity index (χ2v) is 5.52. The summed E-state index contributed by atoms with van der Waals surface area (Å²) in [5, 5.41) is 0. The van der Waals surface area contributed by atoms with Crippen LogP contribution in [0, 0.1) is 0 Å². The number of aromatic nitrogens is 2. The van der Waals surface area contributed by atoms with Crippen molar-refractivity contribution in [2.45, 2.75) is 32.9 Å². The maximum Gasteiger partial charge on any atom is 0.140 e. The maximum absolute atomic E-state index is 4.50. The number of rotatable bonds is 4. The van der Waals surface area contributed by atoms with E-state index in [0.29, 0.717) is 12.1 Å². The first-order valence-electron chi connectivity index (χ1n) is 6.80. The van der Waals surface area contributed by atoms with Gasteiger partial charge < -0.3 is 9.47 Å². The van der Waals surface area contributed by atoms with E-state index in [0.717, 1.165) is 5.82 Å². The Morgan fingerprint density at radius 3 is 2.53 bits per heavy atom. The fourth-order valence-corrected chi connectivity index (χ4v) is 2.19. The van der Waals surface area contributed by atoms with Crippen molar-refractivity contribution in [3.63, 3.8) is 0 Å². The molecule has 0 aliphatic carbocycles. The van der Waals surface area contributed by atoms with Crippen molar-refractivity contribution in [1.29, 1.82) is 0 Å². The first-order chi connectivity index (χ1) is 9.00. The van der Waals surface area contributed by atoms with Gasteiger partial charge in [-0.3, -0.25) is 0 Å². The summed E-state index contributed by atoms with van der Waals surface area (Å²) in [6, 6.07) is 9.50. The van der Waals surface area contributed by atoms with E-state index >= 15 is 0 Å². The van der Waals surface area contributed by atoms with Gasteiger partial charge >= 0.3 is 0 Å². The molecule has 0 amide bonds. The zero-order chi connectivity index (χ0) is 14.0. The molecule has 1 aromatic heterocycles. The Morgan fingerprint density at radius 2 is 1.89 bits per heavy atom. The molecule has 1 aromatic carbocycles. The van der Waals surface area contributed by atoms with Gasteiger partial charge in [-0.05, 0) is 46.5 Å². The largest absolute Gasteiger partial charge is 0.328 e. The molecule has 0 N–H and O–H groups in total. The third kappa shape index (κ3) is 2.87. The first-order valence-corrected chi connectivity index (χ1v) is 6.80. The van der Waals surface area contributed by atoms with Gasteiger partial charge in [-0.1, -0.05) is 18.2 Å². The van der Waals surface area contributed by atoms with Crippen molar-refractivity contribution in [3.05, 3.63) is 42.2 Å². The topological polar surface area (TPSA) is 21.1 Å². The molecule has 3 heteroatoms. The minimum Gasteiger partial charge on any atom is -0.328 e. The van der Waals surface area contributed by atoms with Gasteiger partial charge in [0.1, 0.15) is 5.82 Å². The lowest BCUT2D eigenvalue weighted by atomic mass is 10.0. The Hall–Kier alpha value is -1.61. The van der Waals surface area contributed by atoms with Crippen molar-refractivity contribution in [2.24, 2.45) is 0 Å². The standard InChI is InChI=1S/C16H23N3/c1-12(2)19-10-9-17-16(19)15-8-6-7-14(11-15)13(3)18(4)5/h6-13H,1-5H3. The van der Waals surface area contributed by atoms with Gasteiger partial charge in [-0.2, -0.15) is 0 Å². The summed E-state index contributed by atoms with van der Waals surface area (Å²) < 4.78 is 2.21. The minimum absolute atomic E-state index is 0.405. The van der Waals surface area contributed by atoms with E-state index in [2.05, 4.69) is 73.6 Å². The lowest BCUT2D eigenvalue weighted by Crippen LogP contribution is -2.16. The van der Waals surface area contributed by atoms with Crippen LogP contribution in [0.1, 0.15) is 38.4 Å². The number of benzene rings is 1. The van der Waals surface area contributed by atoms with Gasteiger partial charge in [0.25, 0.3) is 0 Å². The van der Waals surface area contributed by atoms with E-state index in [-0.39, 0.29) is 0 Å². The summed E-state index contributed by atoms with van der Waals surface area (Å²) in [5.74, 6) is 1.04. The van der Waals surface area contributed by atoms with E-state index in [1.165, 1.54) is 11.1 Å². The molecule has 0 radical (unpaired) electrons. The Labute approximate surface area is 115 Å². The molecule has 0 saturated carbocycles. The minimum atomic E-state index is 0.405. The van der Waals surface area contributed by atoms with Crippen LogP contribution < -0.4 is 0 Å². The van der Waals surface area contributed by atoms with Gasteiger partial charge in [-0.25, -0.2) is 4.98 Å². The number of hydrogen-bond donors (Lipinski definition) is 0. The van der Waals surface area contributed by atoms with Crippen LogP contribution in [-0.2, 0) is 0 Å².